The zero-order chi connectivity index (χ0) is 19.0. The van der Waals surface area contributed by atoms with Crippen LogP contribution in [0.5, 0.6) is 0 Å². The van der Waals surface area contributed by atoms with Gasteiger partial charge >= 0.3 is 0 Å². The lowest BCUT2D eigenvalue weighted by molar-refractivity contribution is 0.255. The van der Waals surface area contributed by atoms with Crippen LogP contribution in [0, 0.1) is 10.2 Å². The van der Waals surface area contributed by atoms with Crippen molar-refractivity contribution < 1.29 is 0 Å². The van der Waals surface area contributed by atoms with Crippen LogP contribution in [0.2, 0.25) is 0 Å². The van der Waals surface area contributed by atoms with Crippen LogP contribution in [0.15, 0.2) is 17.5 Å². The van der Waals surface area contributed by atoms with E-state index in [0.29, 0.717) is 12.7 Å². The molecule has 1 saturated heterocycles. The number of nitrogens with zero attached hydrogens (tertiary/aromatic N) is 4. The second-order valence-corrected chi connectivity index (χ2v) is 10.3. The smallest absolute Gasteiger partial charge is 0.226 e. The van der Waals surface area contributed by atoms with Crippen molar-refractivity contribution in [2.45, 2.75) is 71.6 Å². The van der Waals surface area contributed by atoms with Gasteiger partial charge in [-0.05, 0) is 61.2 Å². The summed E-state index contributed by atoms with van der Waals surface area (Å²) in [6.45, 7) is 9.71. The fourth-order valence-electron chi connectivity index (χ4n) is 3.94. The van der Waals surface area contributed by atoms with Crippen molar-refractivity contribution in [3.05, 3.63) is 27.2 Å². The normalized spacial score (nSPS) is 19.4. The zero-order valence-corrected chi connectivity index (χ0v) is 18.3. The minimum absolute atomic E-state index is 0.127. The highest BCUT2D eigenvalue weighted by Crippen LogP contribution is 2.39. The summed E-state index contributed by atoms with van der Waals surface area (Å²) in [5, 5.41) is 10.9. The molecule has 0 spiro atoms. The summed E-state index contributed by atoms with van der Waals surface area (Å²) >= 11 is 7.65. The first-order valence-corrected chi connectivity index (χ1v) is 11.4. The average molecular weight is 406 g/mol. The van der Waals surface area contributed by atoms with Gasteiger partial charge in [0.05, 0.1) is 6.67 Å². The van der Waals surface area contributed by atoms with E-state index in [-0.39, 0.29) is 11.5 Å². The molecule has 27 heavy (non-hydrogen) atoms. The Kier molecular flexibility index (Phi) is 5.45. The van der Waals surface area contributed by atoms with Crippen LogP contribution >= 0.6 is 23.6 Å². The summed E-state index contributed by atoms with van der Waals surface area (Å²) in [5.74, 6) is 1.09. The predicted octanol–water partition coefficient (Wildman–Crippen LogP) is 5.14. The Bertz CT molecular complexity index is 805. The molecule has 0 radical (unpaired) electrons. The molecule has 1 unspecified atom stereocenters. The quantitative estimate of drug-likeness (QED) is 0.676. The van der Waals surface area contributed by atoms with E-state index in [2.05, 4.69) is 53.1 Å². The fraction of sp³-hybridized carbons (Fsp3) is 0.700. The molecule has 7 heteroatoms. The lowest BCUT2D eigenvalue weighted by Crippen LogP contribution is -2.34. The van der Waals surface area contributed by atoms with E-state index in [9.17, 15) is 0 Å². The molecule has 2 aliphatic rings. The molecular formula is C20H31N5S2. The van der Waals surface area contributed by atoms with Gasteiger partial charge in [-0.1, -0.05) is 26.8 Å². The lowest BCUT2D eigenvalue weighted by atomic mass is 9.86. The van der Waals surface area contributed by atoms with Crippen molar-refractivity contribution in [3.8, 4) is 0 Å². The van der Waals surface area contributed by atoms with Crippen molar-refractivity contribution >= 4 is 29.5 Å². The Labute approximate surface area is 171 Å². The van der Waals surface area contributed by atoms with Gasteiger partial charge in [0.25, 0.3) is 0 Å². The minimum atomic E-state index is 0.127. The number of hydrogen-bond acceptors (Lipinski definition) is 5. The van der Waals surface area contributed by atoms with Crippen molar-refractivity contribution in [2.75, 3.05) is 18.0 Å². The Morgan fingerprint density at radius 2 is 2.00 bits per heavy atom. The van der Waals surface area contributed by atoms with E-state index < -0.39 is 0 Å². The van der Waals surface area contributed by atoms with E-state index >= 15 is 0 Å². The van der Waals surface area contributed by atoms with Gasteiger partial charge in [-0.2, -0.15) is 0 Å². The molecule has 4 rings (SSSR count). The maximum Gasteiger partial charge on any atom is 0.226 e. The van der Waals surface area contributed by atoms with Crippen LogP contribution in [0.1, 0.15) is 69.8 Å². The van der Waals surface area contributed by atoms with Gasteiger partial charge in [0.1, 0.15) is 0 Å². The van der Waals surface area contributed by atoms with Crippen molar-refractivity contribution in [1.29, 1.82) is 0 Å². The summed E-state index contributed by atoms with van der Waals surface area (Å²) < 4.78 is 5.19. The molecule has 1 saturated carbocycles. The third-order valence-electron chi connectivity index (χ3n) is 5.54. The molecular weight excluding hydrogens is 374 g/mol. The summed E-state index contributed by atoms with van der Waals surface area (Å²) in [5.41, 5.74) is 0.127. The molecule has 1 atom stereocenters. The second-order valence-electron chi connectivity index (χ2n) is 8.91. The Morgan fingerprint density at radius 3 is 2.59 bits per heavy atom. The molecule has 1 aliphatic carbocycles. The first-order valence-electron chi connectivity index (χ1n) is 10.2. The predicted molar refractivity (Wildman–Crippen MR) is 115 cm³/mol. The van der Waals surface area contributed by atoms with Crippen LogP contribution in [-0.4, -0.2) is 27.4 Å². The van der Waals surface area contributed by atoms with E-state index in [0.717, 1.165) is 23.8 Å². The van der Waals surface area contributed by atoms with Crippen LogP contribution in [-0.2, 0) is 6.67 Å². The number of rotatable bonds is 6. The number of nitrogens with one attached hydrogen (secondary N) is 1. The summed E-state index contributed by atoms with van der Waals surface area (Å²) in [6.07, 6.45) is 6.30. The highest BCUT2D eigenvalue weighted by Gasteiger charge is 2.32. The molecule has 1 N–H and O–H groups in total. The average Bonchev–Trinajstić information content (AvgIpc) is 3.22. The monoisotopic (exact) mass is 405 g/mol. The van der Waals surface area contributed by atoms with Crippen molar-refractivity contribution in [1.82, 2.24) is 19.7 Å². The molecule has 3 heterocycles. The summed E-state index contributed by atoms with van der Waals surface area (Å²) in [4.78, 5) is 3.81. The lowest BCUT2D eigenvalue weighted by Gasteiger charge is -2.31. The second kappa shape index (κ2) is 7.68. The van der Waals surface area contributed by atoms with Crippen LogP contribution in [0.4, 0.5) is 5.95 Å². The molecule has 1 aliphatic heterocycles. The third-order valence-corrected chi connectivity index (χ3v) is 6.89. The van der Waals surface area contributed by atoms with E-state index in [1.807, 2.05) is 16.0 Å². The molecule has 2 aromatic heterocycles. The van der Waals surface area contributed by atoms with Crippen LogP contribution < -0.4 is 10.2 Å². The van der Waals surface area contributed by atoms with E-state index in [1.165, 1.54) is 37.0 Å². The van der Waals surface area contributed by atoms with Gasteiger partial charge in [-0.3, -0.25) is 9.88 Å². The van der Waals surface area contributed by atoms with E-state index in [1.54, 1.807) is 0 Å². The molecule has 0 aromatic carbocycles. The number of anilines is 1. The molecule has 0 amide bonds. The van der Waals surface area contributed by atoms with Crippen molar-refractivity contribution in [3.63, 3.8) is 0 Å². The first-order chi connectivity index (χ1) is 12.9. The summed E-state index contributed by atoms with van der Waals surface area (Å²) in [6, 6.07) is 5.18. The Morgan fingerprint density at radius 1 is 1.26 bits per heavy atom. The largest absolute Gasteiger partial charge is 0.341 e. The number of hydrogen-bond donors (Lipinski definition) is 1. The van der Waals surface area contributed by atoms with Gasteiger partial charge < -0.3 is 4.90 Å². The van der Waals surface area contributed by atoms with Crippen molar-refractivity contribution in [2.24, 2.45) is 5.41 Å². The molecule has 0 bridgehead atoms. The number of aromatic nitrogens is 3. The number of piperidine rings is 1. The highest BCUT2D eigenvalue weighted by atomic mass is 32.1. The highest BCUT2D eigenvalue weighted by molar-refractivity contribution is 7.71. The molecule has 5 nitrogen and oxygen atoms in total. The third kappa shape index (κ3) is 4.15. The van der Waals surface area contributed by atoms with Gasteiger partial charge in [-0.15, -0.1) is 16.4 Å². The maximum absolute atomic E-state index is 5.84. The van der Waals surface area contributed by atoms with Crippen LogP contribution in [0.3, 0.4) is 0 Å². The topological polar surface area (TPSA) is 38.0 Å². The Hall–Kier alpha value is -1.18. The van der Waals surface area contributed by atoms with Crippen LogP contribution in [0.25, 0.3) is 0 Å². The van der Waals surface area contributed by atoms with Gasteiger partial charge in [0, 0.05) is 30.1 Å². The maximum atomic E-state index is 5.84. The minimum Gasteiger partial charge on any atom is -0.341 e. The van der Waals surface area contributed by atoms with Gasteiger partial charge in [0.2, 0.25) is 10.7 Å². The zero-order valence-electron chi connectivity index (χ0n) is 16.6. The first kappa shape index (κ1) is 19.2. The SMILES string of the molecule is CC(C)(C)C(NCn1nc(N2CCCCC2)n(C2CC2)c1=S)c1cccs1. The van der Waals surface area contributed by atoms with Gasteiger partial charge in [-0.25, -0.2) is 4.68 Å². The van der Waals surface area contributed by atoms with E-state index in [4.69, 9.17) is 17.3 Å². The fourth-order valence-corrected chi connectivity index (χ4v) is 5.32. The molecule has 2 fully saturated rings. The van der Waals surface area contributed by atoms with Gasteiger partial charge in [0.15, 0.2) is 0 Å². The summed E-state index contributed by atoms with van der Waals surface area (Å²) in [7, 11) is 0. The molecule has 148 valence electrons. The molecule has 2 aromatic rings. The standard InChI is InChI=1S/C20H31N5S2/c1-20(2,3)17(16-8-7-13-27-16)21-14-24-19(26)25(15-9-10-15)18(22-24)23-11-5-4-6-12-23/h7-8,13,15,17,21H,4-6,9-12,14H2,1-3H3. The Balaban J connectivity index is 1.57. The number of thiophene rings is 1.